The van der Waals surface area contributed by atoms with E-state index in [4.69, 9.17) is 5.11 Å². The Bertz CT molecular complexity index is 555. The fourth-order valence-electron chi connectivity index (χ4n) is 2.27. The van der Waals surface area contributed by atoms with Gasteiger partial charge in [0.2, 0.25) is 0 Å². The topological polar surface area (TPSA) is 77.8 Å². The molecule has 0 radical (unpaired) electrons. The van der Waals surface area contributed by atoms with Gasteiger partial charge in [-0.05, 0) is 12.1 Å². The van der Waals surface area contributed by atoms with Gasteiger partial charge < -0.3 is 15.1 Å². The quantitative estimate of drug-likeness (QED) is 0.826. The van der Waals surface area contributed by atoms with Gasteiger partial charge in [0.1, 0.15) is 6.04 Å². The van der Waals surface area contributed by atoms with Gasteiger partial charge in [-0.3, -0.25) is 4.79 Å². The number of likely N-dealkylation sites (tertiary alicyclic amines) is 1. The molecule has 114 valence electrons. The number of aliphatic hydroxyl groups excluding tert-OH is 1. The molecule has 8 heteroatoms. The van der Waals surface area contributed by atoms with Gasteiger partial charge in [0.05, 0.1) is 11.7 Å². The minimum atomic E-state index is -2.68. The zero-order valence-electron chi connectivity index (χ0n) is 10.8. The summed E-state index contributed by atoms with van der Waals surface area (Å²) in [6.45, 7) is -0.122. The summed E-state index contributed by atoms with van der Waals surface area (Å²) in [5.74, 6) is -4.57. The number of carbonyl (C=O) groups excluding carboxylic acids is 1. The first-order chi connectivity index (χ1) is 9.90. The van der Waals surface area contributed by atoms with Crippen molar-refractivity contribution < 1.29 is 28.6 Å². The number of carboxylic acids is 1. The Labute approximate surface area is 123 Å². The van der Waals surface area contributed by atoms with Gasteiger partial charge in [-0.25, -0.2) is 4.79 Å². The van der Waals surface area contributed by atoms with E-state index in [1.54, 1.807) is 0 Å². The fourth-order valence-corrected chi connectivity index (χ4v) is 2.90. The first-order valence-electron chi connectivity index (χ1n) is 6.16. The molecule has 0 aliphatic carbocycles. The smallest absolute Gasteiger partial charge is 0.326 e. The Morgan fingerprint density at radius 3 is 2.62 bits per heavy atom. The maximum atomic E-state index is 12.5. The highest BCUT2D eigenvalue weighted by molar-refractivity contribution is 7.99. The maximum absolute atomic E-state index is 12.5. The molecule has 0 unspecified atom stereocenters. The molecule has 1 saturated heterocycles. The highest BCUT2D eigenvalue weighted by atomic mass is 32.2. The highest BCUT2D eigenvalue weighted by Crippen LogP contribution is 2.30. The molecule has 1 aromatic carbocycles. The second kappa shape index (κ2) is 6.40. The van der Waals surface area contributed by atoms with E-state index in [1.165, 1.54) is 24.3 Å². The standard InChI is InChI=1S/C13H13F2NO4S/c14-13(15)21-10-4-2-1-3-8(10)11(18)16-6-7(17)5-9(16)12(19)20/h1-4,7,9,13,17H,5-6H2,(H,19,20)/t7-,9-/m1/s1. The molecule has 1 heterocycles. The van der Waals surface area contributed by atoms with Crippen LogP contribution in [-0.4, -0.2) is 51.4 Å². The zero-order chi connectivity index (χ0) is 15.6. The van der Waals surface area contributed by atoms with Gasteiger partial charge in [0.15, 0.2) is 0 Å². The van der Waals surface area contributed by atoms with Crippen molar-refractivity contribution in [3.05, 3.63) is 29.8 Å². The summed E-state index contributed by atoms with van der Waals surface area (Å²) in [5, 5.41) is 18.6. The molecule has 0 bridgehead atoms. The third-order valence-corrected chi connectivity index (χ3v) is 3.95. The molecule has 2 N–H and O–H groups in total. The summed E-state index contributed by atoms with van der Waals surface area (Å²) < 4.78 is 25.0. The van der Waals surface area contributed by atoms with Crippen LogP contribution in [0.15, 0.2) is 29.2 Å². The van der Waals surface area contributed by atoms with E-state index in [0.29, 0.717) is 0 Å². The van der Waals surface area contributed by atoms with Gasteiger partial charge in [-0.1, -0.05) is 23.9 Å². The number of rotatable bonds is 4. The number of nitrogens with zero attached hydrogens (tertiary/aromatic N) is 1. The number of aliphatic hydroxyl groups is 1. The van der Waals surface area contributed by atoms with Crippen LogP contribution >= 0.6 is 11.8 Å². The number of β-amino-alcohol motifs (C(OH)–C–C–N with tert-alkyl or cyclic N) is 1. The van der Waals surface area contributed by atoms with E-state index in [9.17, 15) is 23.5 Å². The number of benzene rings is 1. The second-order valence-electron chi connectivity index (χ2n) is 4.58. The van der Waals surface area contributed by atoms with Crippen LogP contribution in [0.5, 0.6) is 0 Å². The SMILES string of the molecule is O=C(O)[C@H]1C[C@@H](O)CN1C(=O)c1ccccc1SC(F)F. The van der Waals surface area contributed by atoms with Crippen molar-refractivity contribution in [3.63, 3.8) is 0 Å². The van der Waals surface area contributed by atoms with Crippen LogP contribution in [-0.2, 0) is 4.79 Å². The molecule has 1 aromatic rings. The normalized spacial score (nSPS) is 21.8. The Morgan fingerprint density at radius 1 is 1.33 bits per heavy atom. The lowest BCUT2D eigenvalue weighted by molar-refractivity contribution is -0.141. The number of hydrogen-bond acceptors (Lipinski definition) is 4. The number of alkyl halides is 2. The number of carbonyl (C=O) groups is 2. The van der Waals surface area contributed by atoms with Crippen molar-refractivity contribution in [2.45, 2.75) is 29.2 Å². The summed E-state index contributed by atoms with van der Waals surface area (Å²) in [4.78, 5) is 24.6. The molecular weight excluding hydrogens is 304 g/mol. The molecule has 21 heavy (non-hydrogen) atoms. The summed E-state index contributed by atoms with van der Waals surface area (Å²) in [6.07, 6.45) is -0.990. The number of aliphatic carboxylic acids is 1. The Kier molecular flexibility index (Phi) is 4.79. The molecule has 1 fully saturated rings. The van der Waals surface area contributed by atoms with E-state index in [2.05, 4.69) is 0 Å². The van der Waals surface area contributed by atoms with E-state index in [1.807, 2.05) is 0 Å². The van der Waals surface area contributed by atoms with Crippen molar-refractivity contribution in [3.8, 4) is 0 Å². The lowest BCUT2D eigenvalue weighted by Gasteiger charge is -2.22. The zero-order valence-corrected chi connectivity index (χ0v) is 11.6. The van der Waals surface area contributed by atoms with E-state index < -0.39 is 29.8 Å². The largest absolute Gasteiger partial charge is 0.480 e. The molecule has 5 nitrogen and oxygen atoms in total. The second-order valence-corrected chi connectivity index (χ2v) is 5.61. The number of hydrogen-bond donors (Lipinski definition) is 2. The predicted octanol–water partition coefficient (Wildman–Crippen LogP) is 1.66. The Morgan fingerprint density at radius 2 is 2.00 bits per heavy atom. The molecular formula is C13H13F2NO4S. The summed E-state index contributed by atoms with van der Waals surface area (Å²) in [5.41, 5.74) is 0.0168. The van der Waals surface area contributed by atoms with Crippen molar-refractivity contribution in [2.75, 3.05) is 6.54 Å². The van der Waals surface area contributed by atoms with Crippen LogP contribution < -0.4 is 0 Å². The van der Waals surface area contributed by atoms with Crippen LogP contribution in [0, 0.1) is 0 Å². The maximum Gasteiger partial charge on any atom is 0.326 e. The van der Waals surface area contributed by atoms with Crippen molar-refractivity contribution in [1.29, 1.82) is 0 Å². The van der Waals surface area contributed by atoms with E-state index in [-0.39, 0.29) is 35.2 Å². The highest BCUT2D eigenvalue weighted by Gasteiger charge is 2.39. The van der Waals surface area contributed by atoms with Crippen molar-refractivity contribution in [1.82, 2.24) is 4.90 Å². The predicted molar refractivity (Wildman–Crippen MR) is 71.4 cm³/mol. The summed E-state index contributed by atoms with van der Waals surface area (Å²) in [6, 6.07) is 4.65. The lowest BCUT2D eigenvalue weighted by Crippen LogP contribution is -2.40. The van der Waals surface area contributed by atoms with Crippen LogP contribution in [0.4, 0.5) is 8.78 Å². The molecule has 2 rings (SSSR count). The molecule has 1 aliphatic heterocycles. The Balaban J connectivity index is 2.29. The van der Waals surface area contributed by atoms with E-state index >= 15 is 0 Å². The van der Waals surface area contributed by atoms with Crippen molar-refractivity contribution >= 4 is 23.6 Å². The third-order valence-electron chi connectivity index (χ3n) is 3.16. The van der Waals surface area contributed by atoms with Crippen LogP contribution in [0.3, 0.4) is 0 Å². The number of amides is 1. The van der Waals surface area contributed by atoms with Gasteiger partial charge in [0, 0.05) is 17.9 Å². The van der Waals surface area contributed by atoms with Crippen LogP contribution in [0.25, 0.3) is 0 Å². The minimum absolute atomic E-state index is 0.0168. The van der Waals surface area contributed by atoms with Gasteiger partial charge >= 0.3 is 5.97 Å². The monoisotopic (exact) mass is 317 g/mol. The van der Waals surface area contributed by atoms with Gasteiger partial charge in [0.25, 0.3) is 11.7 Å². The molecule has 0 spiro atoms. The summed E-state index contributed by atoms with van der Waals surface area (Å²) in [7, 11) is 0. The van der Waals surface area contributed by atoms with Crippen LogP contribution in [0.2, 0.25) is 0 Å². The summed E-state index contributed by atoms with van der Waals surface area (Å²) >= 11 is 0.232. The minimum Gasteiger partial charge on any atom is -0.480 e. The molecule has 0 saturated carbocycles. The molecule has 1 amide bonds. The van der Waals surface area contributed by atoms with Crippen LogP contribution in [0.1, 0.15) is 16.8 Å². The van der Waals surface area contributed by atoms with Gasteiger partial charge in [-0.15, -0.1) is 0 Å². The fraction of sp³-hybridized carbons (Fsp3) is 0.385. The first kappa shape index (κ1) is 15.7. The average molecular weight is 317 g/mol. The third kappa shape index (κ3) is 3.51. The van der Waals surface area contributed by atoms with E-state index in [0.717, 1.165) is 4.90 Å². The Hall–Kier alpha value is -1.67. The molecule has 1 aliphatic rings. The molecule has 2 atom stereocenters. The number of thioether (sulfide) groups is 1. The lowest BCUT2D eigenvalue weighted by atomic mass is 10.1. The van der Waals surface area contributed by atoms with Crippen molar-refractivity contribution in [2.24, 2.45) is 0 Å². The number of halogens is 2. The number of carboxylic acid groups (broad SMARTS) is 1. The average Bonchev–Trinajstić information content (AvgIpc) is 2.80. The van der Waals surface area contributed by atoms with Gasteiger partial charge in [-0.2, -0.15) is 8.78 Å². The molecule has 0 aromatic heterocycles. The first-order valence-corrected chi connectivity index (χ1v) is 7.03.